The van der Waals surface area contributed by atoms with Gasteiger partial charge in [0.1, 0.15) is 17.0 Å². The van der Waals surface area contributed by atoms with Crippen LogP contribution in [0, 0.1) is 5.92 Å². The summed E-state index contributed by atoms with van der Waals surface area (Å²) in [4.78, 5) is 11.3. The second-order valence-corrected chi connectivity index (χ2v) is 9.12. The van der Waals surface area contributed by atoms with Crippen molar-refractivity contribution in [3.05, 3.63) is 16.8 Å². The second kappa shape index (κ2) is 6.70. The molecule has 0 radical (unpaired) electrons. The van der Waals surface area contributed by atoms with Gasteiger partial charge in [0.15, 0.2) is 0 Å². The van der Waals surface area contributed by atoms with Crippen LogP contribution in [0.3, 0.4) is 0 Å². The molecule has 1 atom stereocenters. The van der Waals surface area contributed by atoms with Gasteiger partial charge in [0, 0.05) is 18.0 Å². The van der Waals surface area contributed by atoms with Crippen LogP contribution in [0.5, 0.6) is 0 Å². The molecule has 8 heteroatoms. The molecular weight excluding hydrogens is 332 g/mol. The number of hydrogen-bond donors (Lipinski definition) is 2. The second-order valence-electron chi connectivity index (χ2n) is 6.20. The number of sulfonamides is 1. The maximum absolute atomic E-state index is 11.0. The summed E-state index contributed by atoms with van der Waals surface area (Å²) in [7, 11) is -3.11. The van der Waals surface area contributed by atoms with E-state index in [-0.39, 0.29) is 0 Å². The highest BCUT2D eigenvalue weighted by molar-refractivity contribution is 7.88. The molecule has 0 saturated heterocycles. The van der Waals surface area contributed by atoms with E-state index in [0.29, 0.717) is 19.5 Å². The van der Waals surface area contributed by atoms with E-state index in [4.69, 9.17) is 0 Å². The van der Waals surface area contributed by atoms with E-state index < -0.39 is 10.0 Å². The first-order valence-corrected chi connectivity index (χ1v) is 10.6. The highest BCUT2D eigenvalue weighted by atomic mass is 32.2. The maximum atomic E-state index is 11.0. The van der Waals surface area contributed by atoms with Crippen molar-refractivity contribution in [3.63, 3.8) is 0 Å². The van der Waals surface area contributed by atoms with Crippen LogP contribution in [-0.4, -0.2) is 37.7 Å². The Morgan fingerprint density at radius 2 is 2.17 bits per heavy atom. The summed E-state index contributed by atoms with van der Waals surface area (Å²) in [6.45, 7) is 3.40. The van der Waals surface area contributed by atoms with Crippen molar-refractivity contribution in [2.75, 3.05) is 24.7 Å². The molecule has 2 N–H and O–H groups in total. The summed E-state index contributed by atoms with van der Waals surface area (Å²) in [5.41, 5.74) is 1.40. The Kier molecular flexibility index (Phi) is 4.84. The van der Waals surface area contributed by atoms with E-state index >= 15 is 0 Å². The molecule has 2 aromatic rings. The Bertz CT molecular complexity index is 801. The first-order chi connectivity index (χ1) is 10.9. The number of thiophene rings is 1. The quantitative estimate of drug-likeness (QED) is 0.777. The first kappa shape index (κ1) is 16.6. The van der Waals surface area contributed by atoms with E-state index in [1.165, 1.54) is 23.1 Å². The zero-order valence-electron chi connectivity index (χ0n) is 13.4. The summed E-state index contributed by atoms with van der Waals surface area (Å²) < 4.78 is 24.6. The fourth-order valence-corrected chi connectivity index (χ4v) is 4.83. The normalized spacial score (nSPS) is 18.1. The Labute approximate surface area is 140 Å². The lowest BCUT2D eigenvalue weighted by molar-refractivity contribution is 0.509. The molecule has 0 saturated carbocycles. The minimum atomic E-state index is -3.11. The highest BCUT2D eigenvalue weighted by Gasteiger charge is 2.22. The van der Waals surface area contributed by atoms with Crippen LogP contribution in [0.15, 0.2) is 6.33 Å². The summed E-state index contributed by atoms with van der Waals surface area (Å²) >= 11 is 1.78. The van der Waals surface area contributed by atoms with Crippen molar-refractivity contribution in [1.29, 1.82) is 0 Å². The number of nitrogens with zero attached hydrogens (tertiary/aromatic N) is 2. The predicted molar refractivity (Wildman–Crippen MR) is 94.6 cm³/mol. The van der Waals surface area contributed by atoms with Crippen molar-refractivity contribution in [2.45, 2.75) is 32.6 Å². The van der Waals surface area contributed by atoms with Gasteiger partial charge in [0.25, 0.3) is 0 Å². The van der Waals surface area contributed by atoms with Crippen molar-refractivity contribution < 1.29 is 8.42 Å². The fraction of sp³-hybridized carbons (Fsp3) is 0.600. The standard InChI is InChI=1S/C15H22N4O2S2/c1-10-4-5-11-12(8-10)22-15-13(11)14(17-9-18-15)16-6-3-7-19-23(2,20)21/h9-10,19H,3-8H2,1-2H3,(H,16,17,18)/t10-/m0/s1. The van der Waals surface area contributed by atoms with Gasteiger partial charge in [0.2, 0.25) is 10.0 Å². The molecule has 0 aliphatic heterocycles. The predicted octanol–water partition coefficient (Wildman–Crippen LogP) is 2.17. The minimum absolute atomic E-state index is 0.430. The van der Waals surface area contributed by atoms with Gasteiger partial charge in [-0.25, -0.2) is 23.1 Å². The molecule has 0 spiro atoms. The SMILES string of the molecule is C[C@H]1CCc2c(sc3ncnc(NCCCNS(C)(=O)=O)c23)C1. The van der Waals surface area contributed by atoms with Crippen molar-refractivity contribution in [2.24, 2.45) is 5.92 Å². The van der Waals surface area contributed by atoms with Gasteiger partial charge in [-0.15, -0.1) is 11.3 Å². The van der Waals surface area contributed by atoms with E-state index in [0.717, 1.165) is 34.8 Å². The van der Waals surface area contributed by atoms with Gasteiger partial charge in [0.05, 0.1) is 11.6 Å². The van der Waals surface area contributed by atoms with Crippen LogP contribution in [0.4, 0.5) is 5.82 Å². The maximum Gasteiger partial charge on any atom is 0.208 e. The topological polar surface area (TPSA) is 84.0 Å². The Morgan fingerprint density at radius 3 is 2.96 bits per heavy atom. The number of aryl methyl sites for hydroxylation is 1. The number of aromatic nitrogens is 2. The number of anilines is 1. The molecular formula is C15H22N4O2S2. The first-order valence-electron chi connectivity index (χ1n) is 7.88. The van der Waals surface area contributed by atoms with Gasteiger partial charge in [-0.2, -0.15) is 0 Å². The minimum Gasteiger partial charge on any atom is -0.369 e. The van der Waals surface area contributed by atoms with Crippen LogP contribution < -0.4 is 10.0 Å². The van der Waals surface area contributed by atoms with Gasteiger partial charge < -0.3 is 5.32 Å². The molecule has 0 amide bonds. The lowest BCUT2D eigenvalue weighted by Crippen LogP contribution is -2.24. The van der Waals surface area contributed by atoms with Crippen LogP contribution >= 0.6 is 11.3 Å². The summed E-state index contributed by atoms with van der Waals surface area (Å²) in [5.74, 6) is 1.61. The highest BCUT2D eigenvalue weighted by Crippen LogP contribution is 2.39. The van der Waals surface area contributed by atoms with Crippen molar-refractivity contribution in [1.82, 2.24) is 14.7 Å². The molecule has 0 fully saturated rings. The summed E-state index contributed by atoms with van der Waals surface area (Å²) in [5, 5.41) is 4.50. The third kappa shape index (κ3) is 3.99. The van der Waals surface area contributed by atoms with E-state index in [1.54, 1.807) is 17.7 Å². The van der Waals surface area contributed by atoms with Gasteiger partial charge in [-0.1, -0.05) is 6.92 Å². The number of nitrogens with one attached hydrogen (secondary N) is 2. The van der Waals surface area contributed by atoms with E-state index in [2.05, 4.69) is 26.9 Å². The van der Waals surface area contributed by atoms with Crippen LogP contribution in [0.2, 0.25) is 0 Å². The van der Waals surface area contributed by atoms with Crippen molar-refractivity contribution >= 4 is 37.4 Å². The van der Waals surface area contributed by atoms with Crippen molar-refractivity contribution in [3.8, 4) is 0 Å². The zero-order chi connectivity index (χ0) is 16.4. The molecule has 1 aliphatic carbocycles. The molecule has 0 unspecified atom stereocenters. The average molecular weight is 355 g/mol. The summed E-state index contributed by atoms with van der Waals surface area (Å²) in [6, 6.07) is 0. The van der Waals surface area contributed by atoms with E-state index in [1.807, 2.05) is 0 Å². The molecule has 0 aromatic carbocycles. The number of rotatable bonds is 6. The zero-order valence-corrected chi connectivity index (χ0v) is 15.1. The largest absolute Gasteiger partial charge is 0.369 e. The third-order valence-corrected chi connectivity index (χ3v) is 5.99. The Hall–Kier alpha value is -1.25. The Balaban J connectivity index is 1.71. The van der Waals surface area contributed by atoms with E-state index in [9.17, 15) is 8.42 Å². The molecule has 2 heterocycles. The smallest absolute Gasteiger partial charge is 0.208 e. The molecule has 23 heavy (non-hydrogen) atoms. The molecule has 126 valence electrons. The lowest BCUT2D eigenvalue weighted by atomic mass is 9.89. The molecule has 2 aromatic heterocycles. The fourth-order valence-electron chi connectivity index (χ4n) is 2.96. The average Bonchev–Trinajstić information content (AvgIpc) is 2.83. The van der Waals surface area contributed by atoms with Gasteiger partial charge in [-0.05, 0) is 37.2 Å². The molecule has 6 nitrogen and oxygen atoms in total. The van der Waals surface area contributed by atoms with Gasteiger partial charge in [-0.3, -0.25) is 0 Å². The Morgan fingerprint density at radius 1 is 1.35 bits per heavy atom. The monoisotopic (exact) mass is 354 g/mol. The summed E-state index contributed by atoms with van der Waals surface area (Å²) in [6.07, 6.45) is 6.92. The third-order valence-electron chi connectivity index (χ3n) is 4.10. The number of hydrogen-bond acceptors (Lipinski definition) is 6. The van der Waals surface area contributed by atoms with Crippen LogP contribution in [-0.2, 0) is 22.9 Å². The van der Waals surface area contributed by atoms with Crippen LogP contribution in [0.1, 0.15) is 30.2 Å². The van der Waals surface area contributed by atoms with Gasteiger partial charge >= 0.3 is 0 Å². The molecule has 0 bridgehead atoms. The number of fused-ring (bicyclic) bond motifs is 3. The molecule has 1 aliphatic rings. The molecule has 3 rings (SSSR count). The van der Waals surface area contributed by atoms with Crippen LogP contribution in [0.25, 0.3) is 10.2 Å². The lowest BCUT2D eigenvalue weighted by Gasteiger charge is -2.18.